The number of aromatic nitrogens is 2. The number of benzene rings is 1. The van der Waals surface area contributed by atoms with E-state index in [1.807, 2.05) is 0 Å². The van der Waals surface area contributed by atoms with Crippen molar-refractivity contribution in [2.75, 3.05) is 6.61 Å². The Morgan fingerprint density at radius 1 is 1.07 bits per heavy atom. The lowest BCUT2D eigenvalue weighted by atomic mass is 10.1. The number of ether oxygens (including phenoxy) is 1. The van der Waals surface area contributed by atoms with Gasteiger partial charge in [-0.3, -0.25) is 4.79 Å². The lowest BCUT2D eigenvalue weighted by Crippen LogP contribution is -2.23. The van der Waals surface area contributed by atoms with E-state index < -0.39 is 30.6 Å². The van der Waals surface area contributed by atoms with Gasteiger partial charge in [0.05, 0.1) is 5.56 Å². The van der Waals surface area contributed by atoms with Crippen molar-refractivity contribution in [2.24, 2.45) is 0 Å². The van der Waals surface area contributed by atoms with Crippen LogP contribution in [0.4, 0.5) is 26.3 Å². The minimum Gasteiger partial charge on any atom is -0.468 e. The molecular weight excluding hydrogens is 404 g/mol. The molecule has 1 aromatic carbocycles. The van der Waals surface area contributed by atoms with Gasteiger partial charge in [-0.05, 0) is 29.8 Å². The zero-order valence-electron chi connectivity index (χ0n) is 14.5. The number of amides is 1. The second-order valence-electron chi connectivity index (χ2n) is 6.07. The van der Waals surface area contributed by atoms with Gasteiger partial charge in [-0.1, -0.05) is 6.07 Å². The van der Waals surface area contributed by atoms with Gasteiger partial charge in [0.2, 0.25) is 5.88 Å². The molecule has 0 aliphatic carbocycles. The second kappa shape index (κ2) is 7.64. The summed E-state index contributed by atoms with van der Waals surface area (Å²) < 4.78 is 79.0. The lowest BCUT2D eigenvalue weighted by Gasteiger charge is -2.09. The van der Waals surface area contributed by atoms with Crippen LogP contribution >= 0.6 is 0 Å². The summed E-state index contributed by atoms with van der Waals surface area (Å²) in [4.78, 5) is 18.0. The van der Waals surface area contributed by atoms with Crippen LogP contribution in [0.1, 0.15) is 21.6 Å². The van der Waals surface area contributed by atoms with Gasteiger partial charge in [0.1, 0.15) is 5.69 Å². The van der Waals surface area contributed by atoms with Crippen LogP contribution < -0.4 is 10.1 Å². The number of nitrogens with one attached hydrogen (secondary N) is 2. The molecule has 2 N–H and O–H groups in total. The van der Waals surface area contributed by atoms with Gasteiger partial charge in [-0.15, -0.1) is 0 Å². The molecule has 1 amide bonds. The Morgan fingerprint density at radius 3 is 2.45 bits per heavy atom. The number of aromatic amines is 1. The van der Waals surface area contributed by atoms with E-state index in [1.54, 1.807) is 6.07 Å². The van der Waals surface area contributed by atoms with Crippen molar-refractivity contribution in [1.82, 2.24) is 15.3 Å². The first kappa shape index (κ1) is 20.5. The fourth-order valence-electron chi connectivity index (χ4n) is 2.48. The number of carbonyl (C=O) groups is 1. The van der Waals surface area contributed by atoms with Gasteiger partial charge >= 0.3 is 12.4 Å². The Morgan fingerprint density at radius 2 is 1.83 bits per heavy atom. The van der Waals surface area contributed by atoms with Crippen molar-refractivity contribution < 1.29 is 35.9 Å². The normalized spacial score (nSPS) is 12.2. The number of hydrogen-bond acceptors (Lipinski definition) is 3. The van der Waals surface area contributed by atoms with Crippen molar-refractivity contribution in [3.63, 3.8) is 0 Å². The number of carbonyl (C=O) groups excluding carboxylic acids is 1. The fourth-order valence-corrected chi connectivity index (χ4v) is 2.48. The zero-order valence-corrected chi connectivity index (χ0v) is 14.5. The van der Waals surface area contributed by atoms with Gasteiger partial charge in [-0.2, -0.15) is 26.3 Å². The highest BCUT2D eigenvalue weighted by atomic mass is 19.4. The Balaban J connectivity index is 1.61. The second-order valence-corrected chi connectivity index (χ2v) is 6.07. The molecule has 0 aliphatic heterocycles. The summed E-state index contributed by atoms with van der Waals surface area (Å²) in [6.07, 6.45) is -7.93. The molecule has 5 nitrogen and oxygen atoms in total. The zero-order chi connectivity index (χ0) is 21.2. The molecule has 3 aromatic rings. The van der Waals surface area contributed by atoms with Crippen LogP contribution in [-0.4, -0.2) is 28.7 Å². The molecule has 0 bridgehead atoms. The van der Waals surface area contributed by atoms with Crippen LogP contribution in [0.25, 0.3) is 10.9 Å². The molecule has 29 heavy (non-hydrogen) atoms. The van der Waals surface area contributed by atoms with E-state index in [0.717, 1.165) is 18.3 Å². The summed E-state index contributed by atoms with van der Waals surface area (Å²) in [7, 11) is 0. The van der Waals surface area contributed by atoms with E-state index >= 15 is 0 Å². The monoisotopic (exact) mass is 417 g/mol. The molecular formula is C18H13F6N3O2. The summed E-state index contributed by atoms with van der Waals surface area (Å²) >= 11 is 0. The summed E-state index contributed by atoms with van der Waals surface area (Å²) in [5.41, 5.74) is 0.0988. The van der Waals surface area contributed by atoms with Crippen molar-refractivity contribution in [3.05, 3.63) is 59.4 Å². The van der Waals surface area contributed by atoms with E-state index in [-0.39, 0.29) is 18.0 Å². The highest BCUT2D eigenvalue weighted by Crippen LogP contribution is 2.31. The molecule has 0 radical (unpaired) electrons. The van der Waals surface area contributed by atoms with Crippen LogP contribution in [0.5, 0.6) is 5.88 Å². The maximum absolute atomic E-state index is 12.7. The largest absolute Gasteiger partial charge is 0.468 e. The topological polar surface area (TPSA) is 67.0 Å². The molecule has 2 aromatic heterocycles. The molecule has 0 fully saturated rings. The van der Waals surface area contributed by atoms with E-state index in [0.29, 0.717) is 16.5 Å². The smallest absolute Gasteiger partial charge is 0.431 e. The predicted octanol–water partition coefficient (Wildman–Crippen LogP) is 4.45. The average Bonchev–Trinajstić information content (AvgIpc) is 3.08. The number of halogens is 6. The summed E-state index contributed by atoms with van der Waals surface area (Å²) in [5.74, 6) is -0.831. The summed E-state index contributed by atoms with van der Waals surface area (Å²) in [6.45, 7) is -1.46. The third-order valence-corrected chi connectivity index (χ3v) is 3.83. The first-order valence-corrected chi connectivity index (χ1v) is 8.14. The van der Waals surface area contributed by atoms with Crippen LogP contribution in [0.3, 0.4) is 0 Å². The number of rotatable bonds is 5. The maximum Gasteiger partial charge on any atom is 0.431 e. The van der Waals surface area contributed by atoms with Gasteiger partial charge in [0.25, 0.3) is 5.91 Å². The van der Waals surface area contributed by atoms with Crippen LogP contribution in [-0.2, 0) is 12.7 Å². The Kier molecular flexibility index (Phi) is 5.40. The van der Waals surface area contributed by atoms with Crippen molar-refractivity contribution >= 4 is 16.8 Å². The molecule has 0 saturated carbocycles. The van der Waals surface area contributed by atoms with Crippen LogP contribution in [0, 0.1) is 0 Å². The number of hydrogen-bond donors (Lipinski definition) is 2. The molecule has 154 valence electrons. The van der Waals surface area contributed by atoms with Gasteiger partial charge in [0.15, 0.2) is 6.61 Å². The third-order valence-electron chi connectivity index (χ3n) is 3.83. The molecule has 0 aliphatic rings. The summed E-state index contributed by atoms with van der Waals surface area (Å²) in [5, 5.41) is 2.90. The predicted molar refractivity (Wildman–Crippen MR) is 90.3 cm³/mol. The number of fused-ring (bicyclic) bond motifs is 1. The van der Waals surface area contributed by atoms with Crippen LogP contribution in [0.2, 0.25) is 0 Å². The minimum absolute atomic E-state index is 0.0353. The highest BCUT2D eigenvalue weighted by Gasteiger charge is 2.32. The van der Waals surface area contributed by atoms with Gasteiger partial charge < -0.3 is 15.0 Å². The lowest BCUT2D eigenvalue weighted by molar-refractivity contribution is -0.154. The molecule has 0 spiro atoms. The van der Waals surface area contributed by atoms with Crippen LogP contribution in [0.15, 0.2) is 42.6 Å². The Hall–Kier alpha value is -3.24. The van der Waals surface area contributed by atoms with E-state index in [9.17, 15) is 31.1 Å². The first-order chi connectivity index (χ1) is 13.5. The van der Waals surface area contributed by atoms with E-state index in [4.69, 9.17) is 0 Å². The molecule has 0 unspecified atom stereocenters. The number of H-pyrrole nitrogens is 1. The minimum atomic E-state index is -4.50. The van der Waals surface area contributed by atoms with Crippen molar-refractivity contribution in [3.8, 4) is 5.88 Å². The maximum atomic E-state index is 12.7. The number of alkyl halides is 6. The SMILES string of the molecule is O=C(NCc1ccc2[nH]c(C(F)(F)F)cc2c1)c1ccc(OCC(F)(F)F)nc1. The Labute approximate surface area is 159 Å². The van der Waals surface area contributed by atoms with Crippen molar-refractivity contribution in [1.29, 1.82) is 0 Å². The number of pyridine rings is 1. The Bertz CT molecular complexity index is 1010. The number of nitrogens with zero attached hydrogens (tertiary/aromatic N) is 1. The standard InChI is InChI=1S/C18H13F6N3O2/c19-17(20,21)9-29-15-4-2-11(8-25-15)16(28)26-7-10-1-3-13-12(5-10)6-14(27-13)18(22,23)24/h1-6,8,27H,7,9H2,(H,26,28). The molecule has 11 heteroatoms. The average molecular weight is 417 g/mol. The van der Waals surface area contributed by atoms with Gasteiger partial charge in [0, 0.05) is 29.7 Å². The molecule has 3 rings (SSSR count). The van der Waals surface area contributed by atoms with E-state index in [1.165, 1.54) is 18.2 Å². The third kappa shape index (κ3) is 5.39. The summed E-state index contributed by atoms with van der Waals surface area (Å²) in [6, 6.07) is 7.90. The van der Waals surface area contributed by atoms with Gasteiger partial charge in [-0.25, -0.2) is 4.98 Å². The molecule has 2 heterocycles. The highest BCUT2D eigenvalue weighted by molar-refractivity contribution is 5.94. The quantitative estimate of drug-likeness (QED) is 0.603. The molecule has 0 saturated heterocycles. The van der Waals surface area contributed by atoms with E-state index in [2.05, 4.69) is 20.0 Å². The molecule has 0 atom stereocenters. The van der Waals surface area contributed by atoms with Crippen molar-refractivity contribution in [2.45, 2.75) is 18.9 Å². The fraction of sp³-hybridized carbons (Fsp3) is 0.222. The first-order valence-electron chi connectivity index (χ1n) is 8.14.